The highest BCUT2D eigenvalue weighted by Gasteiger charge is 2.12. The molecular weight excluding hydrogens is 316 g/mol. The Morgan fingerprint density at radius 2 is 1.91 bits per heavy atom. The Morgan fingerprint density at radius 1 is 1.14 bits per heavy atom. The fourth-order valence-electron chi connectivity index (χ4n) is 1.88. The summed E-state index contributed by atoms with van der Waals surface area (Å²) in [6.45, 7) is 3.93. The maximum absolute atomic E-state index is 12.0. The number of amides is 1. The van der Waals surface area contributed by atoms with Crippen molar-refractivity contribution in [2.75, 3.05) is 5.32 Å². The van der Waals surface area contributed by atoms with Gasteiger partial charge < -0.3 is 0 Å². The third-order valence-electron chi connectivity index (χ3n) is 3.01. The molecule has 2 heterocycles. The number of thiazole rings is 1. The van der Waals surface area contributed by atoms with Crippen LogP contribution in [0.1, 0.15) is 30.8 Å². The summed E-state index contributed by atoms with van der Waals surface area (Å²) in [7, 11) is 0. The van der Waals surface area contributed by atoms with Crippen LogP contribution in [0.5, 0.6) is 0 Å². The topological polar surface area (TPSA) is 67.8 Å². The molecule has 22 heavy (non-hydrogen) atoms. The number of benzene rings is 1. The summed E-state index contributed by atoms with van der Waals surface area (Å²) in [5.74, 6) is -0.191. The quantitative estimate of drug-likeness (QED) is 0.795. The Bertz CT molecular complexity index is 792. The van der Waals surface area contributed by atoms with E-state index in [2.05, 4.69) is 51.7 Å². The number of anilines is 1. The molecule has 0 unspecified atom stereocenters. The van der Waals surface area contributed by atoms with Gasteiger partial charge in [0.15, 0.2) is 0 Å². The smallest absolute Gasteiger partial charge is 0.269 e. The van der Waals surface area contributed by atoms with Gasteiger partial charge in [0.2, 0.25) is 5.13 Å². The Hall–Kier alpha value is -2.12. The van der Waals surface area contributed by atoms with Crippen molar-refractivity contribution in [3.8, 4) is 0 Å². The minimum absolute atomic E-state index is 0.191. The van der Waals surface area contributed by atoms with E-state index >= 15 is 0 Å². The number of aromatic nitrogens is 3. The second-order valence-electron chi connectivity index (χ2n) is 4.86. The molecule has 1 N–H and O–H groups in total. The number of carbonyl (C=O) groups is 1. The molecule has 0 aliphatic rings. The summed E-state index contributed by atoms with van der Waals surface area (Å²) < 4.78 is 0. The summed E-state index contributed by atoms with van der Waals surface area (Å²) in [5, 5.41) is 13.2. The average molecular weight is 330 g/mol. The number of hydrogen-bond acceptors (Lipinski definition) is 6. The molecule has 3 rings (SSSR count). The minimum atomic E-state index is -0.191. The van der Waals surface area contributed by atoms with Crippen LogP contribution < -0.4 is 5.32 Å². The molecule has 7 heteroatoms. The normalized spacial score (nSPS) is 10.6. The van der Waals surface area contributed by atoms with E-state index in [4.69, 9.17) is 0 Å². The van der Waals surface area contributed by atoms with Crippen LogP contribution in [-0.4, -0.2) is 21.1 Å². The lowest BCUT2D eigenvalue weighted by Gasteiger charge is -1.98. The Labute approximate surface area is 136 Å². The molecule has 0 saturated heterocycles. The van der Waals surface area contributed by atoms with Gasteiger partial charge in [0, 0.05) is 6.42 Å². The van der Waals surface area contributed by atoms with E-state index in [1.807, 2.05) is 6.92 Å². The predicted octanol–water partition coefficient (Wildman–Crippen LogP) is 3.45. The third-order valence-corrected chi connectivity index (χ3v) is 4.76. The molecule has 112 valence electrons. The molecule has 0 aliphatic heterocycles. The standard InChI is InChI=1S/C15H14N4OS2/c1-9-3-5-11(6-4-9)7-13-18-19-15(22-13)17-14(20)12-8-16-10(2)21-12/h3-6,8H,7H2,1-2H3,(H,17,19,20). The van der Waals surface area contributed by atoms with Gasteiger partial charge in [0.1, 0.15) is 9.88 Å². The molecule has 1 amide bonds. The van der Waals surface area contributed by atoms with Gasteiger partial charge in [-0.3, -0.25) is 10.1 Å². The van der Waals surface area contributed by atoms with Gasteiger partial charge in [0.25, 0.3) is 5.91 Å². The number of rotatable bonds is 4. The molecule has 0 aliphatic carbocycles. The first kappa shape index (κ1) is 14.8. The molecule has 0 bridgehead atoms. The van der Waals surface area contributed by atoms with E-state index in [0.717, 1.165) is 10.0 Å². The predicted molar refractivity (Wildman–Crippen MR) is 88.7 cm³/mol. The van der Waals surface area contributed by atoms with Gasteiger partial charge >= 0.3 is 0 Å². The Kier molecular flexibility index (Phi) is 4.26. The molecular formula is C15H14N4OS2. The molecule has 0 radical (unpaired) electrons. The number of nitrogens with one attached hydrogen (secondary N) is 1. The average Bonchev–Trinajstić information content (AvgIpc) is 3.11. The van der Waals surface area contributed by atoms with Crippen LogP contribution in [0.4, 0.5) is 5.13 Å². The van der Waals surface area contributed by atoms with Crippen molar-refractivity contribution >= 4 is 33.7 Å². The zero-order valence-corrected chi connectivity index (χ0v) is 13.8. The molecule has 2 aromatic heterocycles. The van der Waals surface area contributed by atoms with Gasteiger partial charge in [-0.2, -0.15) is 0 Å². The summed E-state index contributed by atoms with van der Waals surface area (Å²) in [5.41, 5.74) is 2.41. The van der Waals surface area contributed by atoms with E-state index < -0.39 is 0 Å². The highest BCUT2D eigenvalue weighted by atomic mass is 32.1. The Morgan fingerprint density at radius 3 is 2.59 bits per heavy atom. The van der Waals surface area contributed by atoms with Crippen LogP contribution in [0.25, 0.3) is 0 Å². The van der Waals surface area contributed by atoms with E-state index in [9.17, 15) is 4.79 Å². The first-order chi connectivity index (χ1) is 10.6. The van der Waals surface area contributed by atoms with Crippen LogP contribution in [0.2, 0.25) is 0 Å². The van der Waals surface area contributed by atoms with Crippen molar-refractivity contribution in [3.05, 3.63) is 56.5 Å². The highest BCUT2D eigenvalue weighted by molar-refractivity contribution is 7.16. The van der Waals surface area contributed by atoms with E-state index in [1.165, 1.54) is 33.8 Å². The summed E-state index contributed by atoms with van der Waals surface area (Å²) >= 11 is 2.75. The number of aryl methyl sites for hydroxylation is 2. The highest BCUT2D eigenvalue weighted by Crippen LogP contribution is 2.20. The van der Waals surface area contributed by atoms with E-state index in [-0.39, 0.29) is 5.91 Å². The zero-order valence-electron chi connectivity index (χ0n) is 12.2. The SMILES string of the molecule is Cc1ccc(Cc2nnc(NC(=O)c3cnc(C)s3)s2)cc1. The third kappa shape index (κ3) is 3.55. The van der Waals surface area contributed by atoms with Gasteiger partial charge in [-0.15, -0.1) is 21.5 Å². The first-order valence-electron chi connectivity index (χ1n) is 6.72. The van der Waals surface area contributed by atoms with Crippen LogP contribution in [-0.2, 0) is 6.42 Å². The zero-order chi connectivity index (χ0) is 15.5. The van der Waals surface area contributed by atoms with Crippen LogP contribution >= 0.6 is 22.7 Å². The fraction of sp³-hybridized carbons (Fsp3) is 0.200. The van der Waals surface area contributed by atoms with Crippen molar-refractivity contribution in [1.82, 2.24) is 15.2 Å². The summed E-state index contributed by atoms with van der Waals surface area (Å²) in [6.07, 6.45) is 2.29. The Balaban J connectivity index is 1.66. The summed E-state index contributed by atoms with van der Waals surface area (Å²) in [4.78, 5) is 16.7. The van der Waals surface area contributed by atoms with E-state index in [1.54, 1.807) is 6.20 Å². The fourth-order valence-corrected chi connectivity index (χ4v) is 3.32. The van der Waals surface area contributed by atoms with Gasteiger partial charge in [0.05, 0.1) is 11.2 Å². The van der Waals surface area contributed by atoms with E-state index in [0.29, 0.717) is 16.4 Å². The van der Waals surface area contributed by atoms with Crippen molar-refractivity contribution < 1.29 is 4.79 Å². The first-order valence-corrected chi connectivity index (χ1v) is 8.35. The van der Waals surface area contributed by atoms with Crippen LogP contribution in [0, 0.1) is 13.8 Å². The van der Waals surface area contributed by atoms with Crippen molar-refractivity contribution in [3.63, 3.8) is 0 Å². The molecule has 0 atom stereocenters. The van der Waals surface area contributed by atoms with Crippen LogP contribution in [0.3, 0.4) is 0 Å². The minimum Gasteiger partial charge on any atom is -0.296 e. The second kappa shape index (κ2) is 6.33. The summed E-state index contributed by atoms with van der Waals surface area (Å²) in [6, 6.07) is 8.31. The van der Waals surface area contributed by atoms with Gasteiger partial charge in [-0.1, -0.05) is 41.2 Å². The number of carbonyl (C=O) groups excluding carboxylic acids is 1. The number of nitrogens with zero attached hydrogens (tertiary/aromatic N) is 3. The molecule has 0 fully saturated rings. The molecule has 1 aromatic carbocycles. The molecule has 3 aromatic rings. The van der Waals surface area contributed by atoms with Crippen LogP contribution in [0.15, 0.2) is 30.5 Å². The lowest BCUT2D eigenvalue weighted by atomic mass is 10.1. The maximum atomic E-state index is 12.0. The monoisotopic (exact) mass is 330 g/mol. The lowest BCUT2D eigenvalue weighted by molar-refractivity contribution is 0.103. The lowest BCUT2D eigenvalue weighted by Crippen LogP contribution is -2.09. The van der Waals surface area contributed by atoms with Crippen molar-refractivity contribution in [1.29, 1.82) is 0 Å². The molecule has 0 saturated carbocycles. The van der Waals surface area contributed by atoms with Gasteiger partial charge in [-0.05, 0) is 19.4 Å². The molecule has 0 spiro atoms. The number of hydrogen-bond donors (Lipinski definition) is 1. The van der Waals surface area contributed by atoms with Crippen molar-refractivity contribution in [2.24, 2.45) is 0 Å². The maximum Gasteiger partial charge on any atom is 0.269 e. The van der Waals surface area contributed by atoms with Gasteiger partial charge in [-0.25, -0.2) is 4.98 Å². The molecule has 5 nitrogen and oxygen atoms in total. The largest absolute Gasteiger partial charge is 0.296 e. The second-order valence-corrected chi connectivity index (χ2v) is 7.16. The van der Waals surface area contributed by atoms with Crippen molar-refractivity contribution in [2.45, 2.75) is 20.3 Å².